The number of piperazine rings is 1. The third kappa shape index (κ3) is 3.28. The van der Waals surface area contributed by atoms with Crippen molar-refractivity contribution >= 4 is 23.0 Å². The largest absolute Gasteiger partial charge is 0.443 e. The molecule has 1 aliphatic rings. The number of carbonyl (C=O) groups is 2. The number of nitrogens with zero attached hydrogens (tertiary/aromatic N) is 3. The van der Waals surface area contributed by atoms with Gasteiger partial charge in [0.15, 0.2) is 12.0 Å². The first kappa shape index (κ1) is 15.3. The van der Waals surface area contributed by atoms with Gasteiger partial charge in [0.1, 0.15) is 5.52 Å². The molecule has 122 valence electrons. The Hall–Kier alpha value is -2.57. The topological polar surface area (TPSA) is 78.7 Å². The average Bonchev–Trinajstić information content (AvgIpc) is 3.06. The van der Waals surface area contributed by atoms with Crippen LogP contribution in [0.2, 0.25) is 0 Å². The summed E-state index contributed by atoms with van der Waals surface area (Å²) in [6, 6.07) is 5.18. The Morgan fingerprint density at radius 3 is 2.70 bits per heavy atom. The number of amides is 3. The summed E-state index contributed by atoms with van der Waals surface area (Å²) in [6.07, 6.45) is 2.28. The van der Waals surface area contributed by atoms with Gasteiger partial charge in [-0.15, -0.1) is 0 Å². The fourth-order valence-corrected chi connectivity index (χ4v) is 2.63. The first-order valence-electron chi connectivity index (χ1n) is 7.84. The maximum atomic E-state index is 12.6. The lowest BCUT2D eigenvalue weighted by molar-refractivity contribution is 0.0665. The number of fused-ring (bicyclic) bond motifs is 1. The van der Waals surface area contributed by atoms with Crippen molar-refractivity contribution in [1.29, 1.82) is 0 Å². The highest BCUT2D eigenvalue weighted by atomic mass is 16.3. The van der Waals surface area contributed by atoms with Crippen molar-refractivity contribution in [2.24, 2.45) is 0 Å². The van der Waals surface area contributed by atoms with Gasteiger partial charge in [0.05, 0.1) is 0 Å². The standard InChI is InChI=1S/C16H20N4O3/c1-2-5-17-16(22)20-8-6-19(7-9-20)15(21)12-3-4-14-13(10-12)18-11-23-14/h3-4,10-11H,2,5-9H2,1H3,(H,17,22). The molecule has 7 heteroatoms. The average molecular weight is 316 g/mol. The molecule has 0 radical (unpaired) electrons. The second kappa shape index (κ2) is 6.68. The summed E-state index contributed by atoms with van der Waals surface area (Å²) in [7, 11) is 0. The monoisotopic (exact) mass is 316 g/mol. The third-order valence-electron chi connectivity index (χ3n) is 3.96. The molecule has 0 atom stereocenters. The number of oxazole rings is 1. The number of hydrogen-bond acceptors (Lipinski definition) is 4. The maximum Gasteiger partial charge on any atom is 0.317 e. The molecule has 0 spiro atoms. The van der Waals surface area contributed by atoms with Crippen LogP contribution in [0.15, 0.2) is 29.0 Å². The first-order chi connectivity index (χ1) is 11.2. The Morgan fingerprint density at radius 2 is 1.96 bits per heavy atom. The SMILES string of the molecule is CCCNC(=O)N1CCN(C(=O)c2ccc3ocnc3c2)CC1. The number of rotatable bonds is 3. The van der Waals surface area contributed by atoms with E-state index in [0.29, 0.717) is 49.4 Å². The minimum Gasteiger partial charge on any atom is -0.443 e. The first-order valence-corrected chi connectivity index (χ1v) is 7.84. The van der Waals surface area contributed by atoms with E-state index < -0.39 is 0 Å². The van der Waals surface area contributed by atoms with E-state index in [-0.39, 0.29) is 11.9 Å². The van der Waals surface area contributed by atoms with Crippen LogP contribution in [0.4, 0.5) is 4.79 Å². The molecule has 1 N–H and O–H groups in total. The Labute approximate surface area is 134 Å². The number of urea groups is 1. The molecule has 1 aromatic carbocycles. The van der Waals surface area contributed by atoms with E-state index in [2.05, 4.69) is 10.3 Å². The molecular weight excluding hydrogens is 296 g/mol. The lowest BCUT2D eigenvalue weighted by atomic mass is 10.1. The molecular formula is C16H20N4O3. The van der Waals surface area contributed by atoms with E-state index in [4.69, 9.17) is 4.42 Å². The second-order valence-corrected chi connectivity index (χ2v) is 5.55. The number of benzene rings is 1. The van der Waals surface area contributed by atoms with E-state index in [1.54, 1.807) is 28.0 Å². The van der Waals surface area contributed by atoms with E-state index in [1.165, 1.54) is 6.39 Å². The molecule has 23 heavy (non-hydrogen) atoms. The molecule has 1 aromatic heterocycles. The Kier molecular flexibility index (Phi) is 4.45. The van der Waals surface area contributed by atoms with Gasteiger partial charge in [0, 0.05) is 38.3 Å². The van der Waals surface area contributed by atoms with Gasteiger partial charge in [-0.2, -0.15) is 0 Å². The van der Waals surface area contributed by atoms with Crippen LogP contribution >= 0.6 is 0 Å². The zero-order valence-electron chi connectivity index (χ0n) is 13.1. The normalized spacial score (nSPS) is 15.0. The molecule has 0 aliphatic carbocycles. The van der Waals surface area contributed by atoms with Crippen molar-refractivity contribution in [2.75, 3.05) is 32.7 Å². The quantitative estimate of drug-likeness (QED) is 0.935. The molecule has 1 saturated heterocycles. The summed E-state index contributed by atoms with van der Waals surface area (Å²) < 4.78 is 5.18. The lowest BCUT2D eigenvalue weighted by Gasteiger charge is -2.34. The van der Waals surface area contributed by atoms with Crippen LogP contribution in [-0.4, -0.2) is 59.4 Å². The van der Waals surface area contributed by atoms with E-state index in [9.17, 15) is 9.59 Å². The van der Waals surface area contributed by atoms with E-state index in [1.807, 2.05) is 6.92 Å². The van der Waals surface area contributed by atoms with Crippen molar-refractivity contribution < 1.29 is 14.0 Å². The van der Waals surface area contributed by atoms with Gasteiger partial charge in [-0.05, 0) is 24.6 Å². The van der Waals surface area contributed by atoms with Crippen LogP contribution < -0.4 is 5.32 Å². The van der Waals surface area contributed by atoms with Gasteiger partial charge < -0.3 is 19.5 Å². The molecule has 2 aromatic rings. The highest BCUT2D eigenvalue weighted by Gasteiger charge is 2.24. The summed E-state index contributed by atoms with van der Waals surface area (Å²) in [5.74, 6) is -0.0384. The second-order valence-electron chi connectivity index (χ2n) is 5.55. The molecule has 0 unspecified atom stereocenters. The highest BCUT2D eigenvalue weighted by molar-refractivity contribution is 5.97. The highest BCUT2D eigenvalue weighted by Crippen LogP contribution is 2.16. The van der Waals surface area contributed by atoms with E-state index >= 15 is 0 Å². The zero-order valence-corrected chi connectivity index (χ0v) is 13.1. The summed E-state index contributed by atoms with van der Waals surface area (Å²) in [5, 5.41) is 2.86. The molecule has 2 heterocycles. The number of carbonyl (C=O) groups excluding carboxylic acids is 2. The number of hydrogen-bond donors (Lipinski definition) is 1. The van der Waals surface area contributed by atoms with Gasteiger partial charge in [-0.1, -0.05) is 6.92 Å². The minimum atomic E-state index is -0.0528. The van der Waals surface area contributed by atoms with Crippen molar-refractivity contribution in [3.63, 3.8) is 0 Å². The Balaban J connectivity index is 1.60. The van der Waals surface area contributed by atoms with Gasteiger partial charge in [-0.3, -0.25) is 4.79 Å². The Bertz CT molecular complexity index is 704. The lowest BCUT2D eigenvalue weighted by Crippen LogP contribution is -2.53. The zero-order chi connectivity index (χ0) is 16.2. The molecule has 7 nitrogen and oxygen atoms in total. The molecule has 1 fully saturated rings. The van der Waals surface area contributed by atoms with E-state index in [0.717, 1.165) is 6.42 Å². The Morgan fingerprint density at radius 1 is 1.22 bits per heavy atom. The van der Waals surface area contributed by atoms with Gasteiger partial charge in [0.2, 0.25) is 0 Å². The van der Waals surface area contributed by atoms with Crippen LogP contribution in [-0.2, 0) is 0 Å². The number of nitrogens with one attached hydrogen (secondary N) is 1. The van der Waals surface area contributed by atoms with Crippen LogP contribution in [0.1, 0.15) is 23.7 Å². The molecule has 0 bridgehead atoms. The summed E-state index contributed by atoms with van der Waals surface area (Å²) >= 11 is 0. The fraction of sp³-hybridized carbons (Fsp3) is 0.438. The maximum absolute atomic E-state index is 12.6. The van der Waals surface area contributed by atoms with Crippen LogP contribution in [0.25, 0.3) is 11.1 Å². The van der Waals surface area contributed by atoms with Crippen LogP contribution in [0.3, 0.4) is 0 Å². The van der Waals surface area contributed by atoms with Gasteiger partial charge in [-0.25, -0.2) is 9.78 Å². The molecule has 0 saturated carbocycles. The van der Waals surface area contributed by atoms with Crippen molar-refractivity contribution in [3.05, 3.63) is 30.2 Å². The number of aromatic nitrogens is 1. The third-order valence-corrected chi connectivity index (χ3v) is 3.96. The molecule has 3 rings (SSSR count). The smallest absolute Gasteiger partial charge is 0.317 e. The van der Waals surface area contributed by atoms with Crippen molar-refractivity contribution in [3.8, 4) is 0 Å². The molecule has 3 amide bonds. The van der Waals surface area contributed by atoms with Crippen molar-refractivity contribution in [1.82, 2.24) is 20.1 Å². The van der Waals surface area contributed by atoms with Gasteiger partial charge in [0.25, 0.3) is 5.91 Å². The predicted molar refractivity (Wildman–Crippen MR) is 85.2 cm³/mol. The predicted octanol–water partition coefficient (Wildman–Crippen LogP) is 1.71. The minimum absolute atomic E-state index is 0.0384. The van der Waals surface area contributed by atoms with Crippen LogP contribution in [0.5, 0.6) is 0 Å². The molecule has 1 aliphatic heterocycles. The van der Waals surface area contributed by atoms with Crippen LogP contribution in [0, 0.1) is 0 Å². The summed E-state index contributed by atoms with van der Waals surface area (Å²) in [4.78, 5) is 32.1. The summed E-state index contributed by atoms with van der Waals surface area (Å²) in [5.41, 5.74) is 1.93. The van der Waals surface area contributed by atoms with Gasteiger partial charge >= 0.3 is 6.03 Å². The van der Waals surface area contributed by atoms with Crippen molar-refractivity contribution in [2.45, 2.75) is 13.3 Å². The fourth-order valence-electron chi connectivity index (χ4n) is 2.63. The summed E-state index contributed by atoms with van der Waals surface area (Å²) in [6.45, 7) is 4.86.